The second kappa shape index (κ2) is 4.15. The van der Waals surface area contributed by atoms with Gasteiger partial charge in [-0.3, -0.25) is 4.79 Å². The van der Waals surface area contributed by atoms with Gasteiger partial charge in [-0.2, -0.15) is 0 Å². The van der Waals surface area contributed by atoms with Crippen molar-refractivity contribution >= 4 is 5.97 Å². The van der Waals surface area contributed by atoms with Crippen LogP contribution in [0.15, 0.2) is 0 Å². The van der Waals surface area contributed by atoms with Crippen molar-refractivity contribution in [1.82, 2.24) is 0 Å². The predicted molar refractivity (Wildman–Crippen MR) is 59.3 cm³/mol. The molecule has 0 aromatic heterocycles. The van der Waals surface area contributed by atoms with Gasteiger partial charge in [-0.05, 0) is 49.9 Å². The highest BCUT2D eigenvalue weighted by molar-refractivity contribution is 5.74. The van der Waals surface area contributed by atoms with Gasteiger partial charge < -0.3 is 4.74 Å². The van der Waals surface area contributed by atoms with E-state index in [2.05, 4.69) is 13.8 Å². The summed E-state index contributed by atoms with van der Waals surface area (Å²) >= 11 is 0. The second-order valence-electron chi connectivity index (χ2n) is 5.43. The number of carbonyl (C=O) groups excluding carboxylic acids is 1. The van der Waals surface area contributed by atoms with Crippen LogP contribution in [-0.2, 0) is 9.53 Å². The first-order valence-corrected chi connectivity index (χ1v) is 6.31. The van der Waals surface area contributed by atoms with Crippen LogP contribution < -0.4 is 0 Å². The molecule has 4 atom stereocenters. The maximum Gasteiger partial charge on any atom is 0.309 e. The van der Waals surface area contributed by atoms with Gasteiger partial charge >= 0.3 is 5.97 Å². The van der Waals surface area contributed by atoms with E-state index in [1.807, 2.05) is 6.92 Å². The average Bonchev–Trinajstić information content (AvgIpc) is 2.76. The van der Waals surface area contributed by atoms with Gasteiger partial charge in [0, 0.05) is 0 Å². The number of fused-ring (bicyclic) bond motifs is 2. The molecule has 4 unspecified atom stereocenters. The van der Waals surface area contributed by atoms with Crippen molar-refractivity contribution in [3.8, 4) is 0 Å². The van der Waals surface area contributed by atoms with Gasteiger partial charge in [0.25, 0.3) is 0 Å². The summed E-state index contributed by atoms with van der Waals surface area (Å²) < 4.78 is 5.22. The van der Waals surface area contributed by atoms with E-state index in [4.69, 9.17) is 4.74 Å². The van der Waals surface area contributed by atoms with Crippen molar-refractivity contribution in [2.24, 2.45) is 29.6 Å². The lowest BCUT2D eigenvalue weighted by Crippen LogP contribution is -2.34. The summed E-state index contributed by atoms with van der Waals surface area (Å²) in [6.07, 6.45) is 3.85. The second-order valence-corrected chi connectivity index (χ2v) is 5.43. The first-order valence-electron chi connectivity index (χ1n) is 6.31. The zero-order chi connectivity index (χ0) is 11.0. The summed E-state index contributed by atoms with van der Waals surface area (Å²) in [4.78, 5) is 11.9. The Morgan fingerprint density at radius 2 is 2.00 bits per heavy atom. The van der Waals surface area contributed by atoms with Crippen LogP contribution in [0, 0.1) is 29.6 Å². The molecule has 2 aliphatic carbocycles. The molecule has 0 saturated heterocycles. The molecule has 0 radical (unpaired) electrons. The van der Waals surface area contributed by atoms with Crippen LogP contribution in [-0.4, -0.2) is 12.6 Å². The average molecular weight is 210 g/mol. The first kappa shape index (κ1) is 11.0. The highest BCUT2D eigenvalue weighted by Crippen LogP contribution is 2.55. The summed E-state index contributed by atoms with van der Waals surface area (Å²) in [7, 11) is 0. The highest BCUT2D eigenvalue weighted by Gasteiger charge is 2.52. The first-order chi connectivity index (χ1) is 7.15. The number of hydrogen-bond donors (Lipinski definition) is 0. The minimum absolute atomic E-state index is 0.0726. The fourth-order valence-corrected chi connectivity index (χ4v) is 3.88. The zero-order valence-corrected chi connectivity index (χ0v) is 10.0. The molecule has 0 spiro atoms. The molecule has 0 heterocycles. The SMILES string of the molecule is CCOC(=O)C1C2CCC(C2)C1C(C)C. The summed E-state index contributed by atoms with van der Waals surface area (Å²) in [5, 5.41) is 0. The van der Waals surface area contributed by atoms with Gasteiger partial charge in [-0.15, -0.1) is 0 Å². The van der Waals surface area contributed by atoms with E-state index in [1.54, 1.807) is 0 Å². The van der Waals surface area contributed by atoms with E-state index >= 15 is 0 Å². The Morgan fingerprint density at radius 3 is 2.60 bits per heavy atom. The minimum atomic E-state index is 0.0726. The van der Waals surface area contributed by atoms with Crippen LogP contribution in [0.1, 0.15) is 40.0 Å². The van der Waals surface area contributed by atoms with E-state index in [1.165, 1.54) is 19.3 Å². The number of carbonyl (C=O) groups is 1. The Morgan fingerprint density at radius 1 is 1.33 bits per heavy atom. The van der Waals surface area contributed by atoms with Gasteiger partial charge in [0.1, 0.15) is 0 Å². The molecule has 86 valence electrons. The largest absolute Gasteiger partial charge is 0.466 e. The molecule has 0 amide bonds. The van der Waals surface area contributed by atoms with Crippen LogP contribution >= 0.6 is 0 Å². The number of esters is 1. The molecule has 2 fully saturated rings. The highest BCUT2D eigenvalue weighted by atomic mass is 16.5. The Kier molecular flexibility index (Phi) is 3.03. The summed E-state index contributed by atoms with van der Waals surface area (Å²) in [6.45, 7) is 6.92. The van der Waals surface area contributed by atoms with Crippen LogP contribution in [0.4, 0.5) is 0 Å². The number of ether oxygens (including phenoxy) is 1. The van der Waals surface area contributed by atoms with Gasteiger partial charge in [0.15, 0.2) is 0 Å². The van der Waals surface area contributed by atoms with Crippen molar-refractivity contribution in [2.75, 3.05) is 6.61 Å². The van der Waals surface area contributed by atoms with E-state index in [9.17, 15) is 4.79 Å². The Labute approximate surface area is 92.4 Å². The maximum atomic E-state index is 11.9. The zero-order valence-electron chi connectivity index (χ0n) is 10.0. The van der Waals surface area contributed by atoms with Crippen LogP contribution in [0.3, 0.4) is 0 Å². The maximum absolute atomic E-state index is 11.9. The molecule has 2 aliphatic rings. The molecule has 2 heteroatoms. The van der Waals surface area contributed by atoms with E-state index in [0.29, 0.717) is 24.4 Å². The van der Waals surface area contributed by atoms with Gasteiger partial charge in [0.05, 0.1) is 12.5 Å². The fourth-order valence-electron chi connectivity index (χ4n) is 3.88. The molecular weight excluding hydrogens is 188 g/mol. The van der Waals surface area contributed by atoms with Gasteiger partial charge in [-0.25, -0.2) is 0 Å². The van der Waals surface area contributed by atoms with Crippen molar-refractivity contribution in [2.45, 2.75) is 40.0 Å². The number of hydrogen-bond acceptors (Lipinski definition) is 2. The predicted octanol–water partition coefficient (Wildman–Crippen LogP) is 2.87. The molecule has 2 rings (SSSR count). The third-order valence-corrected chi connectivity index (χ3v) is 4.31. The topological polar surface area (TPSA) is 26.3 Å². The van der Waals surface area contributed by atoms with Crippen molar-refractivity contribution < 1.29 is 9.53 Å². The van der Waals surface area contributed by atoms with Crippen molar-refractivity contribution in [1.29, 1.82) is 0 Å². The summed E-state index contributed by atoms with van der Waals surface area (Å²) in [5.41, 5.74) is 0. The molecule has 2 bridgehead atoms. The minimum Gasteiger partial charge on any atom is -0.466 e. The van der Waals surface area contributed by atoms with E-state index in [0.717, 1.165) is 5.92 Å². The van der Waals surface area contributed by atoms with Crippen molar-refractivity contribution in [3.05, 3.63) is 0 Å². The van der Waals surface area contributed by atoms with E-state index < -0.39 is 0 Å². The third kappa shape index (κ3) is 1.79. The molecule has 15 heavy (non-hydrogen) atoms. The molecule has 0 aliphatic heterocycles. The molecular formula is C13H22O2. The Balaban J connectivity index is 2.11. The normalized spacial score (nSPS) is 38.7. The van der Waals surface area contributed by atoms with Crippen LogP contribution in [0.25, 0.3) is 0 Å². The quantitative estimate of drug-likeness (QED) is 0.669. The molecule has 0 N–H and O–H groups in total. The lowest BCUT2D eigenvalue weighted by molar-refractivity contribution is -0.152. The summed E-state index contributed by atoms with van der Waals surface area (Å²) in [5.74, 6) is 2.91. The van der Waals surface area contributed by atoms with Crippen molar-refractivity contribution in [3.63, 3.8) is 0 Å². The Bertz CT molecular complexity index is 247. The van der Waals surface area contributed by atoms with Gasteiger partial charge in [0.2, 0.25) is 0 Å². The molecule has 2 saturated carbocycles. The molecule has 0 aromatic rings. The monoisotopic (exact) mass is 210 g/mol. The third-order valence-electron chi connectivity index (χ3n) is 4.31. The van der Waals surface area contributed by atoms with Crippen LogP contribution in [0.5, 0.6) is 0 Å². The fraction of sp³-hybridized carbons (Fsp3) is 0.923. The van der Waals surface area contributed by atoms with E-state index in [-0.39, 0.29) is 11.9 Å². The summed E-state index contributed by atoms with van der Waals surface area (Å²) in [6, 6.07) is 0. The lowest BCUT2D eigenvalue weighted by Gasteiger charge is -2.32. The number of rotatable bonds is 3. The van der Waals surface area contributed by atoms with Gasteiger partial charge in [-0.1, -0.05) is 13.8 Å². The Hall–Kier alpha value is -0.530. The lowest BCUT2D eigenvalue weighted by atomic mass is 9.73. The molecule has 2 nitrogen and oxygen atoms in total. The smallest absolute Gasteiger partial charge is 0.309 e. The standard InChI is InChI=1S/C13H22O2/c1-4-15-13(14)12-10-6-5-9(7-10)11(12)8(2)3/h8-12H,4-7H2,1-3H3. The molecule has 0 aromatic carbocycles. The van der Waals surface area contributed by atoms with Crippen LogP contribution in [0.2, 0.25) is 0 Å².